The highest BCUT2D eigenvalue weighted by Crippen LogP contribution is 2.28. The van der Waals surface area contributed by atoms with Crippen molar-refractivity contribution in [3.05, 3.63) is 75.8 Å². The molecule has 1 amide bonds. The van der Waals surface area contributed by atoms with Gasteiger partial charge < -0.3 is 5.32 Å². The van der Waals surface area contributed by atoms with Gasteiger partial charge >= 0.3 is 0 Å². The van der Waals surface area contributed by atoms with Crippen LogP contribution >= 0.6 is 34.5 Å². The molecule has 0 spiro atoms. The van der Waals surface area contributed by atoms with Crippen LogP contribution in [0.5, 0.6) is 0 Å². The molecule has 3 N–H and O–H groups in total. The number of nitrogens with one attached hydrogen (secondary N) is 3. The Hall–Kier alpha value is -2.92. The fourth-order valence-electron chi connectivity index (χ4n) is 2.60. The molecule has 158 valence electrons. The molecule has 0 atom stereocenters. The van der Waals surface area contributed by atoms with Crippen LogP contribution in [0.4, 0.5) is 10.8 Å². The van der Waals surface area contributed by atoms with Crippen molar-refractivity contribution in [2.24, 2.45) is 0 Å². The van der Waals surface area contributed by atoms with E-state index in [-0.39, 0.29) is 15.7 Å². The molecular formula is C19H13Cl2N5O3S2. The van der Waals surface area contributed by atoms with E-state index in [2.05, 4.69) is 25.2 Å². The number of nitrogens with zero attached hydrogens (tertiary/aromatic N) is 2. The molecule has 2 aromatic heterocycles. The second kappa shape index (κ2) is 8.67. The van der Waals surface area contributed by atoms with E-state index >= 15 is 0 Å². The first-order valence-electron chi connectivity index (χ1n) is 8.66. The van der Waals surface area contributed by atoms with Gasteiger partial charge in [-0.1, -0.05) is 29.3 Å². The molecule has 2 heterocycles. The van der Waals surface area contributed by atoms with E-state index in [1.165, 1.54) is 41.8 Å². The number of sulfonamides is 1. The smallest absolute Gasteiger partial charge is 0.273 e. The molecule has 0 aliphatic carbocycles. The molecule has 4 aromatic rings. The molecule has 0 unspecified atom stereocenters. The van der Waals surface area contributed by atoms with Gasteiger partial charge in [-0.3, -0.25) is 14.6 Å². The minimum atomic E-state index is -3.77. The number of hydrogen-bond acceptors (Lipinski definition) is 6. The lowest BCUT2D eigenvalue weighted by atomic mass is 10.1. The molecule has 0 aliphatic rings. The van der Waals surface area contributed by atoms with Crippen molar-refractivity contribution in [1.29, 1.82) is 0 Å². The summed E-state index contributed by atoms with van der Waals surface area (Å²) in [5, 5.41) is 12.2. The highest BCUT2D eigenvalue weighted by Gasteiger charge is 2.16. The molecule has 12 heteroatoms. The first-order chi connectivity index (χ1) is 14.8. The van der Waals surface area contributed by atoms with Crippen molar-refractivity contribution in [2.45, 2.75) is 4.90 Å². The summed E-state index contributed by atoms with van der Waals surface area (Å²) in [5.41, 5.74) is 1.87. The van der Waals surface area contributed by atoms with Crippen LogP contribution in [0.1, 0.15) is 10.5 Å². The van der Waals surface area contributed by atoms with Crippen LogP contribution in [0, 0.1) is 0 Å². The minimum Gasteiger partial charge on any atom is -0.321 e. The molecule has 0 aliphatic heterocycles. The van der Waals surface area contributed by atoms with Crippen LogP contribution in [0.2, 0.25) is 10.0 Å². The molecule has 8 nitrogen and oxygen atoms in total. The fraction of sp³-hybridized carbons (Fsp3) is 0. The van der Waals surface area contributed by atoms with Crippen molar-refractivity contribution >= 4 is 61.3 Å². The maximum atomic E-state index is 12.5. The molecule has 2 aromatic carbocycles. The summed E-state index contributed by atoms with van der Waals surface area (Å²) in [7, 11) is -3.77. The molecule has 4 rings (SSSR count). The predicted molar refractivity (Wildman–Crippen MR) is 121 cm³/mol. The first-order valence-corrected chi connectivity index (χ1v) is 11.8. The SMILES string of the molecule is O=C(Nc1ccc(S(=O)(=O)Nc2nccs2)cc1)c1cc(-c2ccc(Cl)c(Cl)c2)n[nH]1. The Bertz CT molecular complexity index is 1340. The van der Waals surface area contributed by atoms with E-state index in [0.29, 0.717) is 27.0 Å². The number of amides is 1. The number of carbonyl (C=O) groups is 1. The monoisotopic (exact) mass is 493 g/mol. The molecule has 0 fully saturated rings. The van der Waals surface area contributed by atoms with Gasteiger partial charge in [0.1, 0.15) is 5.69 Å². The Morgan fingerprint density at radius 1 is 1.03 bits per heavy atom. The lowest BCUT2D eigenvalue weighted by Crippen LogP contribution is -2.14. The normalized spacial score (nSPS) is 11.3. The van der Waals surface area contributed by atoms with E-state index in [1.807, 2.05) is 0 Å². The number of hydrogen-bond donors (Lipinski definition) is 3. The highest BCUT2D eigenvalue weighted by molar-refractivity contribution is 7.93. The Kier molecular flexibility index (Phi) is 5.96. The Labute approximate surface area is 191 Å². The number of rotatable bonds is 6. The number of aromatic amines is 1. The third kappa shape index (κ3) is 4.88. The number of thiazole rings is 1. The summed E-state index contributed by atoms with van der Waals surface area (Å²) in [6.45, 7) is 0. The average Bonchev–Trinajstić information content (AvgIpc) is 3.42. The van der Waals surface area contributed by atoms with Crippen molar-refractivity contribution in [3.8, 4) is 11.3 Å². The summed E-state index contributed by atoms with van der Waals surface area (Å²) in [6, 6.07) is 12.4. The second-order valence-electron chi connectivity index (χ2n) is 6.22. The van der Waals surface area contributed by atoms with Crippen LogP contribution in [0.15, 0.2) is 65.0 Å². The van der Waals surface area contributed by atoms with Gasteiger partial charge in [-0.2, -0.15) is 5.10 Å². The number of aromatic nitrogens is 3. The predicted octanol–water partition coefficient (Wildman–Crippen LogP) is 4.89. The summed E-state index contributed by atoms with van der Waals surface area (Å²) in [5.74, 6) is -0.435. The molecule has 0 radical (unpaired) electrons. The van der Waals surface area contributed by atoms with Gasteiger partial charge in [0.2, 0.25) is 0 Å². The van der Waals surface area contributed by atoms with Gasteiger partial charge in [0.05, 0.1) is 20.6 Å². The Morgan fingerprint density at radius 3 is 2.48 bits per heavy atom. The number of H-pyrrole nitrogens is 1. The van der Waals surface area contributed by atoms with E-state index in [0.717, 1.165) is 0 Å². The standard InChI is InChI=1S/C19H13Cl2N5O3S2/c20-14-6-1-11(9-15(14)21)16-10-17(25-24-16)18(27)23-12-2-4-13(5-3-12)31(28,29)26-19-22-7-8-30-19/h1-10H,(H,22,26)(H,23,27)(H,24,25). The van der Waals surface area contributed by atoms with Crippen molar-refractivity contribution in [1.82, 2.24) is 15.2 Å². The summed E-state index contributed by atoms with van der Waals surface area (Å²) in [6.07, 6.45) is 1.50. The van der Waals surface area contributed by atoms with Crippen LogP contribution in [0.3, 0.4) is 0 Å². The van der Waals surface area contributed by atoms with E-state index in [1.54, 1.807) is 29.6 Å². The fourth-order valence-corrected chi connectivity index (χ4v) is 4.69. The van der Waals surface area contributed by atoms with Crippen molar-refractivity contribution in [2.75, 3.05) is 10.0 Å². The third-order valence-corrected chi connectivity index (χ3v) is 7.03. The van der Waals surface area contributed by atoms with Gasteiger partial charge in [-0.15, -0.1) is 11.3 Å². The lowest BCUT2D eigenvalue weighted by Gasteiger charge is -2.07. The summed E-state index contributed by atoms with van der Waals surface area (Å²) in [4.78, 5) is 16.4. The summed E-state index contributed by atoms with van der Waals surface area (Å²) >= 11 is 13.1. The second-order valence-corrected chi connectivity index (χ2v) is 9.61. The molecule has 0 saturated carbocycles. The van der Waals surface area contributed by atoms with Gasteiger partial charge in [-0.05, 0) is 42.5 Å². The molecule has 31 heavy (non-hydrogen) atoms. The zero-order chi connectivity index (χ0) is 22.0. The highest BCUT2D eigenvalue weighted by atomic mass is 35.5. The molecule has 0 saturated heterocycles. The third-order valence-electron chi connectivity index (χ3n) is 4.11. The van der Waals surface area contributed by atoms with Crippen molar-refractivity contribution in [3.63, 3.8) is 0 Å². The average molecular weight is 494 g/mol. The van der Waals surface area contributed by atoms with E-state index in [9.17, 15) is 13.2 Å². The van der Waals surface area contributed by atoms with E-state index < -0.39 is 15.9 Å². The minimum absolute atomic E-state index is 0.0455. The molecular weight excluding hydrogens is 481 g/mol. The zero-order valence-corrected chi connectivity index (χ0v) is 18.6. The zero-order valence-electron chi connectivity index (χ0n) is 15.5. The summed E-state index contributed by atoms with van der Waals surface area (Å²) < 4.78 is 27.1. The number of halogens is 2. The van der Waals surface area contributed by atoms with Gasteiger partial charge in [0.15, 0.2) is 5.13 Å². The quantitative estimate of drug-likeness (QED) is 0.353. The van der Waals surface area contributed by atoms with Crippen LogP contribution < -0.4 is 10.0 Å². The van der Waals surface area contributed by atoms with E-state index in [4.69, 9.17) is 23.2 Å². The first kappa shape index (κ1) is 21.3. The van der Waals surface area contributed by atoms with Crippen LogP contribution in [0.25, 0.3) is 11.3 Å². The van der Waals surface area contributed by atoms with Crippen LogP contribution in [-0.2, 0) is 10.0 Å². The number of carbonyl (C=O) groups excluding carboxylic acids is 1. The van der Waals surface area contributed by atoms with Gasteiger partial charge in [0.25, 0.3) is 15.9 Å². The van der Waals surface area contributed by atoms with Gasteiger partial charge in [0, 0.05) is 22.8 Å². The maximum absolute atomic E-state index is 12.5. The maximum Gasteiger partial charge on any atom is 0.273 e. The van der Waals surface area contributed by atoms with Gasteiger partial charge in [-0.25, -0.2) is 13.4 Å². The largest absolute Gasteiger partial charge is 0.321 e. The topological polar surface area (TPSA) is 117 Å². The van der Waals surface area contributed by atoms with Crippen molar-refractivity contribution < 1.29 is 13.2 Å². The lowest BCUT2D eigenvalue weighted by molar-refractivity contribution is 0.102. The molecule has 0 bridgehead atoms. The number of anilines is 2. The Balaban J connectivity index is 1.45. The Morgan fingerprint density at radius 2 is 1.81 bits per heavy atom. The van der Waals surface area contributed by atoms with Crippen LogP contribution in [-0.4, -0.2) is 29.5 Å². The number of benzene rings is 2.